The summed E-state index contributed by atoms with van der Waals surface area (Å²) >= 11 is 0. The highest BCUT2D eigenvalue weighted by molar-refractivity contribution is 5.81. The van der Waals surface area contributed by atoms with Crippen LogP contribution in [0.4, 0.5) is 0 Å². The van der Waals surface area contributed by atoms with Crippen molar-refractivity contribution < 1.29 is 19.4 Å². The van der Waals surface area contributed by atoms with Gasteiger partial charge < -0.3 is 14.7 Å². The van der Waals surface area contributed by atoms with Crippen LogP contribution in [0.5, 0.6) is 0 Å². The SMILES string of the molecule is C[C@@H]1CN(C(=O)C(C2CC2)C2CC2)CC(C(=O)O)O1. The predicted octanol–water partition coefficient (Wildman–Crippen LogP) is 1.12. The number of carboxylic acids is 1. The molecule has 1 heterocycles. The number of ether oxygens (including phenoxy) is 1. The smallest absolute Gasteiger partial charge is 0.334 e. The summed E-state index contributed by atoms with van der Waals surface area (Å²) in [4.78, 5) is 25.5. The third-order valence-electron chi connectivity index (χ3n) is 4.39. The second-order valence-corrected chi connectivity index (χ2v) is 6.22. The summed E-state index contributed by atoms with van der Waals surface area (Å²) in [6, 6.07) is 0. The highest BCUT2D eigenvalue weighted by Crippen LogP contribution is 2.50. The van der Waals surface area contributed by atoms with Gasteiger partial charge in [-0.05, 0) is 44.4 Å². The maximum Gasteiger partial charge on any atom is 0.334 e. The fourth-order valence-electron chi connectivity index (χ4n) is 3.18. The van der Waals surface area contributed by atoms with Gasteiger partial charge in [0.1, 0.15) is 0 Å². The zero-order valence-corrected chi connectivity index (χ0v) is 11.2. The summed E-state index contributed by atoms with van der Waals surface area (Å²) in [5, 5.41) is 9.07. The van der Waals surface area contributed by atoms with Gasteiger partial charge in [-0.1, -0.05) is 0 Å². The number of morpholine rings is 1. The van der Waals surface area contributed by atoms with Gasteiger partial charge in [0.2, 0.25) is 5.91 Å². The summed E-state index contributed by atoms with van der Waals surface area (Å²) in [7, 11) is 0. The molecule has 1 amide bonds. The topological polar surface area (TPSA) is 66.8 Å². The third-order valence-corrected chi connectivity index (χ3v) is 4.39. The first kappa shape index (κ1) is 12.9. The average Bonchev–Trinajstić information content (AvgIpc) is 3.22. The number of carboxylic acid groups (broad SMARTS) is 1. The molecule has 3 rings (SSSR count). The Morgan fingerprint density at radius 1 is 1.16 bits per heavy atom. The number of carbonyl (C=O) groups excluding carboxylic acids is 1. The molecule has 2 aliphatic carbocycles. The molecule has 0 aromatic heterocycles. The first-order valence-corrected chi connectivity index (χ1v) is 7.23. The van der Waals surface area contributed by atoms with E-state index >= 15 is 0 Å². The summed E-state index contributed by atoms with van der Waals surface area (Å²) in [6.07, 6.45) is 3.58. The van der Waals surface area contributed by atoms with Crippen LogP contribution in [0.15, 0.2) is 0 Å². The van der Waals surface area contributed by atoms with Crippen molar-refractivity contribution in [3.05, 3.63) is 0 Å². The summed E-state index contributed by atoms with van der Waals surface area (Å²) in [6.45, 7) is 2.56. The second-order valence-electron chi connectivity index (χ2n) is 6.22. The van der Waals surface area contributed by atoms with Crippen LogP contribution in [0.3, 0.4) is 0 Å². The van der Waals surface area contributed by atoms with E-state index in [9.17, 15) is 9.59 Å². The molecule has 1 saturated heterocycles. The molecule has 3 aliphatic rings. The van der Waals surface area contributed by atoms with Crippen LogP contribution in [-0.2, 0) is 14.3 Å². The predicted molar refractivity (Wildman–Crippen MR) is 67.5 cm³/mol. The van der Waals surface area contributed by atoms with Crippen LogP contribution in [0.25, 0.3) is 0 Å². The van der Waals surface area contributed by atoms with Gasteiger partial charge in [-0.15, -0.1) is 0 Å². The van der Waals surface area contributed by atoms with Crippen LogP contribution in [-0.4, -0.2) is 47.2 Å². The quantitative estimate of drug-likeness (QED) is 0.829. The van der Waals surface area contributed by atoms with E-state index in [4.69, 9.17) is 9.84 Å². The van der Waals surface area contributed by atoms with Crippen LogP contribution in [0.2, 0.25) is 0 Å². The summed E-state index contributed by atoms with van der Waals surface area (Å²) in [5.41, 5.74) is 0. The Bertz CT molecular complexity index is 377. The normalized spacial score (nSPS) is 31.6. The van der Waals surface area contributed by atoms with Gasteiger partial charge in [0.05, 0.1) is 12.6 Å². The zero-order chi connectivity index (χ0) is 13.6. The molecule has 106 valence electrons. The molecule has 0 radical (unpaired) electrons. The Hall–Kier alpha value is -1.10. The minimum Gasteiger partial charge on any atom is -0.479 e. The largest absolute Gasteiger partial charge is 0.479 e. The van der Waals surface area contributed by atoms with E-state index in [1.807, 2.05) is 6.92 Å². The number of carbonyl (C=O) groups is 2. The lowest BCUT2D eigenvalue weighted by atomic mass is 9.95. The van der Waals surface area contributed by atoms with Gasteiger partial charge in [-0.3, -0.25) is 4.79 Å². The molecule has 2 atom stereocenters. The van der Waals surface area contributed by atoms with Crippen LogP contribution in [0.1, 0.15) is 32.6 Å². The molecule has 2 saturated carbocycles. The first-order valence-electron chi connectivity index (χ1n) is 7.23. The minimum atomic E-state index is -0.973. The Kier molecular flexibility index (Phi) is 3.25. The van der Waals surface area contributed by atoms with E-state index < -0.39 is 12.1 Å². The summed E-state index contributed by atoms with van der Waals surface area (Å²) < 4.78 is 5.37. The molecule has 0 aromatic carbocycles. The molecule has 5 nitrogen and oxygen atoms in total. The van der Waals surface area contributed by atoms with E-state index in [-0.39, 0.29) is 24.5 Å². The molecule has 0 bridgehead atoms. The van der Waals surface area contributed by atoms with Gasteiger partial charge in [0.15, 0.2) is 6.10 Å². The van der Waals surface area contributed by atoms with Crippen molar-refractivity contribution in [1.82, 2.24) is 4.90 Å². The lowest BCUT2D eigenvalue weighted by Gasteiger charge is -2.37. The molecule has 0 aromatic rings. The lowest BCUT2D eigenvalue weighted by Crippen LogP contribution is -2.53. The van der Waals surface area contributed by atoms with Crippen molar-refractivity contribution in [2.45, 2.75) is 44.8 Å². The second kappa shape index (κ2) is 4.78. The molecular formula is C14H21NO4. The Morgan fingerprint density at radius 2 is 1.74 bits per heavy atom. The number of aliphatic carboxylic acids is 1. The molecule has 19 heavy (non-hydrogen) atoms. The van der Waals surface area contributed by atoms with Gasteiger partial charge in [-0.25, -0.2) is 4.79 Å². The number of amides is 1. The summed E-state index contributed by atoms with van der Waals surface area (Å²) in [5.74, 6) is 0.466. The van der Waals surface area contributed by atoms with E-state index in [0.717, 1.165) is 25.7 Å². The van der Waals surface area contributed by atoms with E-state index in [0.29, 0.717) is 18.4 Å². The number of hydrogen-bond donors (Lipinski definition) is 1. The Balaban J connectivity index is 1.69. The molecular weight excluding hydrogens is 246 g/mol. The van der Waals surface area contributed by atoms with Gasteiger partial charge in [0.25, 0.3) is 0 Å². The lowest BCUT2D eigenvalue weighted by molar-refractivity contribution is -0.168. The van der Waals surface area contributed by atoms with Crippen LogP contribution >= 0.6 is 0 Å². The van der Waals surface area contributed by atoms with Crippen LogP contribution in [0, 0.1) is 17.8 Å². The monoisotopic (exact) mass is 267 g/mol. The first-order chi connectivity index (χ1) is 9.06. The van der Waals surface area contributed by atoms with Crippen molar-refractivity contribution in [3.63, 3.8) is 0 Å². The molecule has 1 unspecified atom stereocenters. The van der Waals surface area contributed by atoms with Gasteiger partial charge in [0, 0.05) is 12.5 Å². The Labute approximate surface area is 112 Å². The number of nitrogens with zero attached hydrogens (tertiary/aromatic N) is 1. The fraction of sp³-hybridized carbons (Fsp3) is 0.857. The average molecular weight is 267 g/mol. The highest BCUT2D eigenvalue weighted by Gasteiger charge is 2.48. The zero-order valence-electron chi connectivity index (χ0n) is 11.2. The molecule has 1 aliphatic heterocycles. The molecule has 3 fully saturated rings. The fourth-order valence-corrected chi connectivity index (χ4v) is 3.18. The number of rotatable bonds is 4. The van der Waals surface area contributed by atoms with Crippen molar-refractivity contribution in [2.24, 2.45) is 17.8 Å². The van der Waals surface area contributed by atoms with E-state index in [1.54, 1.807) is 4.90 Å². The van der Waals surface area contributed by atoms with Gasteiger partial charge in [-0.2, -0.15) is 0 Å². The maximum absolute atomic E-state index is 12.7. The van der Waals surface area contributed by atoms with Crippen molar-refractivity contribution >= 4 is 11.9 Å². The van der Waals surface area contributed by atoms with Crippen LogP contribution < -0.4 is 0 Å². The van der Waals surface area contributed by atoms with Crippen molar-refractivity contribution in [1.29, 1.82) is 0 Å². The minimum absolute atomic E-state index is 0.153. The molecule has 1 N–H and O–H groups in total. The molecule has 0 spiro atoms. The molecule has 5 heteroatoms. The highest BCUT2D eigenvalue weighted by atomic mass is 16.5. The van der Waals surface area contributed by atoms with E-state index in [1.165, 1.54) is 0 Å². The van der Waals surface area contributed by atoms with E-state index in [2.05, 4.69) is 0 Å². The van der Waals surface area contributed by atoms with Crippen molar-refractivity contribution in [3.8, 4) is 0 Å². The third kappa shape index (κ3) is 2.76. The maximum atomic E-state index is 12.7. The Morgan fingerprint density at radius 3 is 2.21 bits per heavy atom. The number of hydrogen-bond acceptors (Lipinski definition) is 3. The van der Waals surface area contributed by atoms with Crippen molar-refractivity contribution in [2.75, 3.05) is 13.1 Å². The van der Waals surface area contributed by atoms with Gasteiger partial charge >= 0.3 is 5.97 Å². The standard InChI is InChI=1S/C14H21NO4/c1-8-6-15(7-11(19-8)14(17)18)13(16)12(9-2-3-9)10-4-5-10/h8-12H,2-7H2,1H3,(H,17,18)/t8-,11?/m1/s1.